The van der Waals surface area contributed by atoms with Gasteiger partial charge in [-0.05, 0) is 41.5 Å². The molecule has 2 N–H and O–H groups in total. The number of fused-ring (bicyclic) bond motifs is 3. The van der Waals surface area contributed by atoms with Gasteiger partial charge in [-0.25, -0.2) is 9.59 Å². The van der Waals surface area contributed by atoms with Crippen molar-refractivity contribution in [1.29, 1.82) is 0 Å². The maximum Gasteiger partial charge on any atom is 0.407 e. The molecule has 1 atom stereocenters. The molecule has 1 aliphatic carbocycles. The zero-order chi connectivity index (χ0) is 24.1. The number of aliphatic carboxylic acids is 1. The first kappa shape index (κ1) is 23.8. The molecule has 1 saturated heterocycles. The van der Waals surface area contributed by atoms with Crippen LogP contribution in [0.25, 0.3) is 11.1 Å². The van der Waals surface area contributed by atoms with Crippen LogP contribution in [0.2, 0.25) is 0 Å². The summed E-state index contributed by atoms with van der Waals surface area (Å²) < 4.78 is 10.7. The molecule has 4 rings (SSSR count). The second-order valence-corrected chi connectivity index (χ2v) is 8.78. The van der Waals surface area contributed by atoms with E-state index < -0.39 is 17.7 Å². The molecule has 8 nitrogen and oxygen atoms in total. The van der Waals surface area contributed by atoms with E-state index in [1.54, 1.807) is 0 Å². The van der Waals surface area contributed by atoms with Gasteiger partial charge >= 0.3 is 12.1 Å². The Morgan fingerprint density at radius 1 is 1.09 bits per heavy atom. The maximum atomic E-state index is 12.5. The van der Waals surface area contributed by atoms with E-state index in [0.717, 1.165) is 11.1 Å². The lowest BCUT2D eigenvalue weighted by atomic mass is 9.92. The van der Waals surface area contributed by atoms with Crippen LogP contribution in [-0.4, -0.2) is 66.9 Å². The van der Waals surface area contributed by atoms with Crippen LogP contribution in [0.1, 0.15) is 42.7 Å². The minimum absolute atomic E-state index is 0.00545. The van der Waals surface area contributed by atoms with Gasteiger partial charge in [0.2, 0.25) is 5.91 Å². The van der Waals surface area contributed by atoms with E-state index in [2.05, 4.69) is 29.6 Å². The van der Waals surface area contributed by atoms with Crippen molar-refractivity contribution in [3.05, 3.63) is 59.7 Å². The zero-order valence-corrected chi connectivity index (χ0v) is 19.3. The molecule has 0 spiro atoms. The van der Waals surface area contributed by atoms with Crippen LogP contribution in [0.4, 0.5) is 4.79 Å². The Bertz CT molecular complexity index is 1030. The van der Waals surface area contributed by atoms with Crippen molar-refractivity contribution >= 4 is 18.0 Å². The topological polar surface area (TPSA) is 105 Å². The van der Waals surface area contributed by atoms with Crippen molar-refractivity contribution in [2.24, 2.45) is 0 Å². The molecule has 2 aromatic carbocycles. The Labute approximate surface area is 198 Å². The number of alkyl carbamates (subject to hydrolysis) is 1. The highest BCUT2D eigenvalue weighted by Crippen LogP contribution is 2.44. The van der Waals surface area contributed by atoms with E-state index >= 15 is 0 Å². The van der Waals surface area contributed by atoms with E-state index in [4.69, 9.17) is 9.47 Å². The Morgan fingerprint density at radius 3 is 2.35 bits per heavy atom. The molecule has 1 unspecified atom stereocenters. The summed E-state index contributed by atoms with van der Waals surface area (Å²) in [5, 5.41) is 12.2. The van der Waals surface area contributed by atoms with Crippen molar-refractivity contribution in [3.8, 4) is 11.1 Å². The van der Waals surface area contributed by atoms with Gasteiger partial charge in [0, 0.05) is 32.5 Å². The molecule has 1 aliphatic heterocycles. The Morgan fingerprint density at radius 2 is 1.74 bits per heavy atom. The molecule has 2 amide bonds. The third-order valence-electron chi connectivity index (χ3n) is 6.77. The third-order valence-corrected chi connectivity index (χ3v) is 6.77. The first-order chi connectivity index (χ1) is 16.4. The van der Waals surface area contributed by atoms with Crippen molar-refractivity contribution in [3.63, 3.8) is 0 Å². The number of nitrogens with zero attached hydrogens (tertiary/aromatic N) is 1. The number of piperidine rings is 1. The summed E-state index contributed by atoms with van der Waals surface area (Å²) in [6.45, 7) is 1.08. The van der Waals surface area contributed by atoms with Gasteiger partial charge in [-0.1, -0.05) is 48.5 Å². The number of rotatable bonds is 8. The molecule has 0 saturated carbocycles. The summed E-state index contributed by atoms with van der Waals surface area (Å²) in [4.78, 5) is 37.9. The number of ether oxygens (including phenoxy) is 2. The fraction of sp³-hybridized carbons (Fsp3) is 0.423. The Hall–Kier alpha value is -3.39. The molecule has 2 aliphatic rings. The normalized spacial score (nSPS) is 19.3. The average molecular weight is 467 g/mol. The van der Waals surface area contributed by atoms with Gasteiger partial charge in [-0.15, -0.1) is 0 Å². The van der Waals surface area contributed by atoms with Gasteiger partial charge < -0.3 is 24.8 Å². The van der Waals surface area contributed by atoms with Crippen molar-refractivity contribution in [2.75, 3.05) is 33.4 Å². The second kappa shape index (κ2) is 10.3. The summed E-state index contributed by atoms with van der Waals surface area (Å²) in [5.41, 5.74) is 3.30. The fourth-order valence-electron chi connectivity index (χ4n) is 4.90. The predicted octanol–water partition coefficient (Wildman–Crippen LogP) is 3.40. The molecule has 2 aromatic rings. The average Bonchev–Trinajstić information content (AvgIpc) is 3.18. The van der Waals surface area contributed by atoms with E-state index in [1.807, 2.05) is 24.3 Å². The van der Waals surface area contributed by atoms with E-state index in [-0.39, 0.29) is 31.4 Å². The minimum atomic E-state index is -1.34. The van der Waals surface area contributed by atoms with Gasteiger partial charge in [0.15, 0.2) is 5.60 Å². The molecular weight excluding hydrogens is 436 g/mol. The first-order valence-corrected chi connectivity index (χ1v) is 11.6. The van der Waals surface area contributed by atoms with Gasteiger partial charge in [0.1, 0.15) is 6.61 Å². The standard InChI is InChI=1S/C26H30N2O6/c1-33-26(24(30)31)13-7-15-28(17-26)23(29)12-6-14-27-25(32)34-16-22-20-10-4-2-8-18(20)19-9-3-5-11-21(19)22/h2-5,8-11,22H,6-7,12-17H2,1H3,(H,27,32)(H,30,31). The number of benzene rings is 2. The van der Waals surface area contributed by atoms with Gasteiger partial charge in [0.05, 0.1) is 6.54 Å². The molecule has 1 fully saturated rings. The summed E-state index contributed by atoms with van der Waals surface area (Å²) >= 11 is 0. The first-order valence-electron chi connectivity index (χ1n) is 11.6. The maximum absolute atomic E-state index is 12.5. The second-order valence-electron chi connectivity index (χ2n) is 8.78. The number of hydrogen-bond acceptors (Lipinski definition) is 5. The summed E-state index contributed by atoms with van der Waals surface area (Å²) in [7, 11) is 1.36. The summed E-state index contributed by atoms with van der Waals surface area (Å²) in [5.74, 6) is -1.20. The number of nitrogens with one attached hydrogen (secondary N) is 1. The molecule has 180 valence electrons. The third kappa shape index (κ3) is 4.77. The predicted molar refractivity (Wildman–Crippen MR) is 125 cm³/mol. The lowest BCUT2D eigenvalue weighted by Crippen LogP contribution is -2.55. The highest BCUT2D eigenvalue weighted by Gasteiger charge is 2.43. The lowest BCUT2D eigenvalue weighted by Gasteiger charge is -2.38. The smallest absolute Gasteiger partial charge is 0.407 e. The minimum Gasteiger partial charge on any atom is -0.479 e. The van der Waals surface area contributed by atoms with E-state index in [0.29, 0.717) is 32.4 Å². The molecule has 8 heteroatoms. The quantitative estimate of drug-likeness (QED) is 0.578. The van der Waals surface area contributed by atoms with Crippen LogP contribution in [0, 0.1) is 0 Å². The molecular formula is C26H30N2O6. The van der Waals surface area contributed by atoms with Gasteiger partial charge in [0.25, 0.3) is 0 Å². The molecule has 1 heterocycles. The largest absolute Gasteiger partial charge is 0.479 e. The Balaban J connectivity index is 1.22. The monoisotopic (exact) mass is 466 g/mol. The van der Waals surface area contributed by atoms with Crippen LogP contribution in [0.3, 0.4) is 0 Å². The number of carbonyl (C=O) groups excluding carboxylic acids is 2. The van der Waals surface area contributed by atoms with Crippen LogP contribution >= 0.6 is 0 Å². The van der Waals surface area contributed by atoms with Crippen LogP contribution in [0.15, 0.2) is 48.5 Å². The SMILES string of the molecule is COC1(C(=O)O)CCCN(C(=O)CCCNC(=O)OCC2c3ccccc3-c3ccccc32)C1. The molecule has 0 bridgehead atoms. The van der Waals surface area contributed by atoms with Crippen molar-refractivity contribution in [1.82, 2.24) is 10.2 Å². The number of likely N-dealkylation sites (tertiary alicyclic amines) is 1. The van der Waals surface area contributed by atoms with Crippen molar-refractivity contribution in [2.45, 2.75) is 37.2 Å². The van der Waals surface area contributed by atoms with E-state index in [1.165, 1.54) is 23.1 Å². The number of methoxy groups -OCH3 is 1. The highest BCUT2D eigenvalue weighted by molar-refractivity contribution is 5.81. The van der Waals surface area contributed by atoms with Crippen LogP contribution in [0.5, 0.6) is 0 Å². The van der Waals surface area contributed by atoms with Gasteiger partial charge in [-0.2, -0.15) is 0 Å². The number of hydrogen-bond donors (Lipinski definition) is 2. The lowest BCUT2D eigenvalue weighted by molar-refractivity contribution is -0.171. The summed E-state index contributed by atoms with van der Waals surface area (Å²) in [6.07, 6.45) is 1.09. The Kier molecular flexibility index (Phi) is 7.17. The molecule has 0 radical (unpaired) electrons. The fourth-order valence-corrected chi connectivity index (χ4v) is 4.90. The number of carbonyl (C=O) groups is 3. The molecule has 0 aromatic heterocycles. The van der Waals surface area contributed by atoms with E-state index in [9.17, 15) is 19.5 Å². The van der Waals surface area contributed by atoms with Crippen LogP contribution in [-0.2, 0) is 19.1 Å². The van der Waals surface area contributed by atoms with Crippen molar-refractivity contribution < 1.29 is 29.0 Å². The number of amides is 2. The zero-order valence-electron chi connectivity index (χ0n) is 19.3. The van der Waals surface area contributed by atoms with Gasteiger partial charge in [-0.3, -0.25) is 4.79 Å². The number of carboxylic acids is 1. The molecule has 34 heavy (non-hydrogen) atoms. The van der Waals surface area contributed by atoms with Crippen LogP contribution < -0.4 is 5.32 Å². The number of carboxylic acid groups (broad SMARTS) is 1. The highest BCUT2D eigenvalue weighted by atomic mass is 16.5. The summed E-state index contributed by atoms with van der Waals surface area (Å²) in [6, 6.07) is 16.3.